The van der Waals surface area contributed by atoms with Crippen molar-refractivity contribution in [1.29, 1.82) is 0 Å². The largest absolute Gasteiger partial charge is 0.465 e. The van der Waals surface area contributed by atoms with Gasteiger partial charge < -0.3 is 14.7 Å². The Morgan fingerprint density at radius 3 is 2.27 bits per heavy atom. The second-order valence-electron chi connectivity index (χ2n) is 9.37. The smallest absolute Gasteiger partial charge is 0.425 e. The van der Waals surface area contributed by atoms with Crippen molar-refractivity contribution in [3.63, 3.8) is 0 Å². The van der Waals surface area contributed by atoms with E-state index < -0.39 is 18.4 Å². The molecule has 1 aliphatic heterocycles. The number of ether oxygens (including phenoxy) is 1. The van der Waals surface area contributed by atoms with E-state index in [1.54, 1.807) is 30.5 Å². The molecule has 3 rings (SSSR count). The minimum atomic E-state index is -4.40. The van der Waals surface area contributed by atoms with Crippen molar-refractivity contribution in [2.45, 2.75) is 84.6 Å². The van der Waals surface area contributed by atoms with Gasteiger partial charge in [-0.15, -0.1) is 0 Å². The van der Waals surface area contributed by atoms with Crippen LogP contribution in [-0.4, -0.2) is 28.9 Å². The van der Waals surface area contributed by atoms with Crippen LogP contribution in [0.2, 0.25) is 10.0 Å². The number of aliphatic hydroxyl groups excluding tert-OH is 1. The van der Waals surface area contributed by atoms with Crippen molar-refractivity contribution in [3.8, 4) is 5.88 Å². The van der Waals surface area contributed by atoms with Crippen molar-refractivity contribution in [1.82, 2.24) is 4.98 Å². The van der Waals surface area contributed by atoms with Gasteiger partial charge in [0.1, 0.15) is 0 Å². The molecule has 1 aliphatic rings. The molecule has 9 heteroatoms. The summed E-state index contributed by atoms with van der Waals surface area (Å²) in [7, 11) is 0. The predicted octanol–water partition coefficient (Wildman–Crippen LogP) is 9.16. The quantitative estimate of drug-likeness (QED) is 0.332. The summed E-state index contributed by atoms with van der Waals surface area (Å²) in [6.45, 7) is 12.4. The van der Waals surface area contributed by atoms with Crippen LogP contribution >= 0.6 is 23.2 Å². The minimum absolute atomic E-state index is 0.0215. The molecule has 2 aromatic rings. The van der Waals surface area contributed by atoms with Gasteiger partial charge in [-0.2, -0.15) is 13.2 Å². The van der Waals surface area contributed by atoms with Gasteiger partial charge in [-0.1, -0.05) is 69.5 Å². The topological polar surface area (TPSA) is 45.6 Å². The normalized spacial score (nSPS) is 16.7. The SMILES string of the molecule is C=C1N(c2ccc(O[C@@H](C)C(F)(F)F)nc2)CCC1(CCC)CCC.CCC(O)c1ccc(Cl)cc1Cl. The molecule has 206 valence electrons. The number of aliphatic hydroxyl groups is 1. The fourth-order valence-electron chi connectivity index (χ4n) is 4.64. The highest BCUT2D eigenvalue weighted by molar-refractivity contribution is 6.35. The lowest BCUT2D eigenvalue weighted by Crippen LogP contribution is -2.31. The van der Waals surface area contributed by atoms with Gasteiger partial charge in [0.2, 0.25) is 5.88 Å². The molecule has 0 saturated carbocycles. The lowest BCUT2D eigenvalue weighted by Gasteiger charge is -2.32. The lowest BCUT2D eigenvalue weighted by molar-refractivity contribution is -0.189. The first-order chi connectivity index (χ1) is 17.4. The summed E-state index contributed by atoms with van der Waals surface area (Å²) < 4.78 is 42.6. The van der Waals surface area contributed by atoms with Crippen molar-refractivity contribution in [3.05, 3.63) is 64.4 Å². The number of allylic oxidation sites excluding steroid dienone is 1. The number of aromatic nitrogens is 1. The van der Waals surface area contributed by atoms with Gasteiger partial charge in [0.25, 0.3) is 0 Å². The average Bonchev–Trinajstić information content (AvgIpc) is 3.15. The van der Waals surface area contributed by atoms with Crippen LogP contribution in [-0.2, 0) is 0 Å². The van der Waals surface area contributed by atoms with Crippen molar-refractivity contribution < 1.29 is 23.0 Å². The van der Waals surface area contributed by atoms with Gasteiger partial charge in [-0.25, -0.2) is 4.98 Å². The van der Waals surface area contributed by atoms with E-state index in [1.807, 2.05) is 6.92 Å². The van der Waals surface area contributed by atoms with E-state index in [2.05, 4.69) is 30.3 Å². The standard InChI is InChI=1S/C19H27F3N2O.C9H10Cl2O/c1-5-9-18(10-6-2)11-12-24(14(18)3)16-7-8-17(23-13-16)25-15(4)19(20,21)22;1-2-9(12)7-4-3-6(10)5-8(7)11/h7-8,13,15H,3,5-6,9-12H2,1-2,4H3;3-5,9,12H,2H2,1H3/t15-;/m0./s1. The minimum Gasteiger partial charge on any atom is -0.465 e. The summed E-state index contributed by atoms with van der Waals surface area (Å²) >= 11 is 11.6. The molecule has 0 radical (unpaired) electrons. The molecule has 0 bridgehead atoms. The fraction of sp³-hybridized carbons (Fsp3) is 0.536. The van der Waals surface area contributed by atoms with Crippen LogP contribution in [0.25, 0.3) is 0 Å². The molecular formula is C28H37Cl2F3N2O2. The third-order valence-electron chi connectivity index (χ3n) is 6.71. The molecule has 1 aromatic heterocycles. The van der Waals surface area contributed by atoms with E-state index in [1.165, 1.54) is 6.07 Å². The number of hydrogen-bond acceptors (Lipinski definition) is 4. The number of alkyl halides is 3. The predicted molar refractivity (Wildman–Crippen MR) is 145 cm³/mol. The zero-order valence-corrected chi connectivity index (χ0v) is 23.4. The molecule has 0 aliphatic carbocycles. The van der Waals surface area contributed by atoms with E-state index in [0.29, 0.717) is 16.5 Å². The molecular weight excluding hydrogens is 524 g/mol. The summed E-state index contributed by atoms with van der Waals surface area (Å²) in [5, 5.41) is 10.6. The molecule has 0 amide bonds. The third kappa shape index (κ3) is 8.26. The Labute approximate surface area is 228 Å². The average molecular weight is 562 g/mol. The number of anilines is 1. The highest BCUT2D eigenvalue weighted by Gasteiger charge is 2.41. The van der Waals surface area contributed by atoms with Gasteiger partial charge >= 0.3 is 6.18 Å². The highest BCUT2D eigenvalue weighted by atomic mass is 35.5. The summed E-state index contributed by atoms with van der Waals surface area (Å²) in [6, 6.07) is 8.35. The molecule has 0 spiro atoms. The summed E-state index contributed by atoms with van der Waals surface area (Å²) in [6.07, 6.45) is 0.922. The maximum absolute atomic E-state index is 12.6. The van der Waals surface area contributed by atoms with Crippen LogP contribution in [0.4, 0.5) is 18.9 Å². The van der Waals surface area contributed by atoms with Crippen molar-refractivity contribution in [2.24, 2.45) is 5.41 Å². The molecule has 1 saturated heterocycles. The molecule has 2 atom stereocenters. The van der Waals surface area contributed by atoms with Crippen LogP contribution in [0.15, 0.2) is 48.8 Å². The van der Waals surface area contributed by atoms with Gasteiger partial charge in [0.15, 0.2) is 6.10 Å². The van der Waals surface area contributed by atoms with Gasteiger partial charge in [0.05, 0.1) is 18.0 Å². The Balaban J connectivity index is 0.000000335. The summed E-state index contributed by atoms with van der Waals surface area (Å²) in [5.74, 6) is -0.0215. The lowest BCUT2D eigenvalue weighted by atomic mass is 9.76. The van der Waals surface area contributed by atoms with Gasteiger partial charge in [-0.05, 0) is 56.4 Å². The van der Waals surface area contributed by atoms with Crippen LogP contribution in [0.3, 0.4) is 0 Å². The highest BCUT2D eigenvalue weighted by Crippen LogP contribution is 2.48. The Hall–Kier alpha value is -1.96. The maximum Gasteiger partial charge on any atom is 0.425 e. The third-order valence-corrected chi connectivity index (χ3v) is 7.27. The Kier molecular flexibility index (Phi) is 11.6. The van der Waals surface area contributed by atoms with Crippen LogP contribution in [0.5, 0.6) is 5.88 Å². The first kappa shape index (κ1) is 31.3. The second-order valence-corrected chi connectivity index (χ2v) is 10.2. The zero-order chi connectivity index (χ0) is 27.8. The van der Waals surface area contributed by atoms with E-state index in [9.17, 15) is 18.3 Å². The summed E-state index contributed by atoms with van der Waals surface area (Å²) in [5.41, 5.74) is 2.81. The number of halogens is 5. The first-order valence-electron chi connectivity index (χ1n) is 12.7. The molecule has 37 heavy (non-hydrogen) atoms. The number of benzene rings is 1. The molecule has 1 N–H and O–H groups in total. The van der Waals surface area contributed by atoms with E-state index in [0.717, 1.165) is 62.5 Å². The zero-order valence-electron chi connectivity index (χ0n) is 21.9. The van der Waals surface area contributed by atoms with Crippen molar-refractivity contribution in [2.75, 3.05) is 11.4 Å². The Morgan fingerprint density at radius 1 is 1.14 bits per heavy atom. The van der Waals surface area contributed by atoms with Crippen LogP contribution < -0.4 is 9.64 Å². The summed E-state index contributed by atoms with van der Waals surface area (Å²) in [4.78, 5) is 6.18. The fourth-order valence-corrected chi connectivity index (χ4v) is 5.17. The molecule has 2 heterocycles. The van der Waals surface area contributed by atoms with E-state index in [4.69, 9.17) is 27.9 Å². The number of hydrogen-bond donors (Lipinski definition) is 1. The molecule has 1 fully saturated rings. The maximum atomic E-state index is 12.6. The van der Waals surface area contributed by atoms with E-state index >= 15 is 0 Å². The number of nitrogens with zero attached hydrogens (tertiary/aromatic N) is 2. The van der Waals surface area contributed by atoms with E-state index in [-0.39, 0.29) is 11.3 Å². The monoisotopic (exact) mass is 560 g/mol. The van der Waals surface area contributed by atoms with Gasteiger partial charge in [0, 0.05) is 33.8 Å². The molecule has 1 aromatic carbocycles. The van der Waals surface area contributed by atoms with Crippen LogP contribution in [0.1, 0.15) is 77.9 Å². The molecule has 1 unspecified atom stereocenters. The van der Waals surface area contributed by atoms with Gasteiger partial charge in [-0.3, -0.25) is 0 Å². The first-order valence-corrected chi connectivity index (χ1v) is 13.4. The van der Waals surface area contributed by atoms with Crippen LogP contribution in [0, 0.1) is 5.41 Å². The second kappa shape index (κ2) is 13.7. The van der Waals surface area contributed by atoms with Crippen molar-refractivity contribution >= 4 is 28.9 Å². The number of rotatable bonds is 9. The Morgan fingerprint density at radius 2 is 1.78 bits per heavy atom. The number of pyridine rings is 1. The molecule has 4 nitrogen and oxygen atoms in total. The Bertz CT molecular complexity index is 1010.